The summed E-state index contributed by atoms with van der Waals surface area (Å²) in [5.74, 6) is 1.03. The zero-order valence-electron chi connectivity index (χ0n) is 7.48. The molecule has 0 bridgehead atoms. The van der Waals surface area contributed by atoms with Crippen molar-refractivity contribution in [1.29, 1.82) is 0 Å². The largest absolute Gasteiger partial charge is 0.368 e. The van der Waals surface area contributed by atoms with Gasteiger partial charge in [0.2, 0.25) is 5.95 Å². The molecular weight excluding hydrogens is 246 g/mol. The molecule has 0 aromatic carbocycles. The molecule has 0 saturated heterocycles. The monoisotopic (exact) mass is 253 g/mol. The van der Waals surface area contributed by atoms with Crippen molar-refractivity contribution in [1.82, 2.24) is 19.7 Å². The SMILES string of the molecule is Cc1cc(Br)cnc1-n1ncnc1N. The minimum Gasteiger partial charge on any atom is -0.368 e. The lowest BCUT2D eigenvalue weighted by molar-refractivity contribution is 0.846. The molecule has 0 aliphatic heterocycles. The van der Waals surface area contributed by atoms with Gasteiger partial charge in [-0.1, -0.05) is 0 Å². The van der Waals surface area contributed by atoms with Crippen molar-refractivity contribution in [3.8, 4) is 5.82 Å². The Bertz CT molecular complexity index is 465. The number of anilines is 1. The fraction of sp³-hybridized carbons (Fsp3) is 0.125. The summed E-state index contributed by atoms with van der Waals surface area (Å²) in [5.41, 5.74) is 6.60. The molecule has 2 heterocycles. The first-order chi connectivity index (χ1) is 6.68. The molecule has 0 amide bonds. The van der Waals surface area contributed by atoms with Gasteiger partial charge in [-0.25, -0.2) is 4.98 Å². The summed E-state index contributed by atoms with van der Waals surface area (Å²) in [6.07, 6.45) is 3.10. The van der Waals surface area contributed by atoms with E-state index in [1.807, 2.05) is 13.0 Å². The van der Waals surface area contributed by atoms with E-state index in [9.17, 15) is 0 Å². The maximum absolute atomic E-state index is 5.62. The molecule has 0 fully saturated rings. The second-order valence-corrected chi connectivity index (χ2v) is 3.74. The molecule has 14 heavy (non-hydrogen) atoms. The second kappa shape index (κ2) is 3.38. The fourth-order valence-electron chi connectivity index (χ4n) is 1.17. The van der Waals surface area contributed by atoms with Crippen LogP contribution in [0.25, 0.3) is 5.82 Å². The number of pyridine rings is 1. The number of rotatable bonds is 1. The van der Waals surface area contributed by atoms with Crippen molar-refractivity contribution >= 4 is 21.9 Å². The van der Waals surface area contributed by atoms with Crippen molar-refractivity contribution < 1.29 is 0 Å². The Morgan fingerprint density at radius 2 is 2.21 bits per heavy atom. The summed E-state index contributed by atoms with van der Waals surface area (Å²) in [6.45, 7) is 1.94. The van der Waals surface area contributed by atoms with Crippen LogP contribution in [0.15, 0.2) is 23.1 Å². The topological polar surface area (TPSA) is 69.6 Å². The highest BCUT2D eigenvalue weighted by atomic mass is 79.9. The number of halogens is 1. The molecule has 6 heteroatoms. The quantitative estimate of drug-likeness (QED) is 0.833. The van der Waals surface area contributed by atoms with Crippen LogP contribution >= 0.6 is 15.9 Å². The standard InChI is InChI=1S/C8H8BrN5/c1-5-2-6(9)3-11-7(5)14-8(10)12-4-13-14/h2-4H,1H3,(H2,10,12,13). The Labute approximate surface area is 89.1 Å². The number of nitrogens with zero attached hydrogens (tertiary/aromatic N) is 4. The van der Waals surface area contributed by atoms with Gasteiger partial charge in [-0.3, -0.25) is 0 Å². The second-order valence-electron chi connectivity index (χ2n) is 2.82. The molecule has 2 N–H and O–H groups in total. The van der Waals surface area contributed by atoms with Crippen molar-refractivity contribution in [3.63, 3.8) is 0 Å². The van der Waals surface area contributed by atoms with Gasteiger partial charge in [0.25, 0.3) is 0 Å². The Hall–Kier alpha value is -1.43. The highest BCUT2D eigenvalue weighted by molar-refractivity contribution is 9.10. The van der Waals surface area contributed by atoms with E-state index in [1.54, 1.807) is 6.20 Å². The molecule has 72 valence electrons. The smallest absolute Gasteiger partial charge is 0.224 e. The third-order valence-electron chi connectivity index (χ3n) is 1.79. The third kappa shape index (κ3) is 1.48. The van der Waals surface area contributed by atoms with Crippen LogP contribution in [0.1, 0.15) is 5.56 Å². The highest BCUT2D eigenvalue weighted by Gasteiger charge is 2.07. The zero-order chi connectivity index (χ0) is 10.1. The lowest BCUT2D eigenvalue weighted by atomic mass is 10.3. The predicted molar refractivity (Wildman–Crippen MR) is 56.0 cm³/mol. The summed E-state index contributed by atoms with van der Waals surface area (Å²) in [4.78, 5) is 8.05. The minimum absolute atomic E-state index is 0.336. The lowest BCUT2D eigenvalue weighted by Gasteiger charge is -2.05. The molecule has 0 aliphatic carbocycles. The van der Waals surface area contributed by atoms with Gasteiger partial charge in [-0.15, -0.1) is 0 Å². The molecule has 0 unspecified atom stereocenters. The Kier molecular flexibility index (Phi) is 2.20. The molecular formula is C8H8BrN5. The van der Waals surface area contributed by atoms with Gasteiger partial charge < -0.3 is 5.73 Å². The Morgan fingerprint density at radius 3 is 2.79 bits per heavy atom. The Morgan fingerprint density at radius 1 is 1.43 bits per heavy atom. The van der Waals surface area contributed by atoms with Crippen LogP contribution in [-0.2, 0) is 0 Å². The van der Waals surface area contributed by atoms with Crippen LogP contribution in [0.4, 0.5) is 5.95 Å². The maximum Gasteiger partial charge on any atom is 0.224 e. The normalized spacial score (nSPS) is 10.4. The number of aromatic nitrogens is 4. The van der Waals surface area contributed by atoms with E-state index in [0.717, 1.165) is 10.0 Å². The summed E-state index contributed by atoms with van der Waals surface area (Å²) >= 11 is 3.34. The van der Waals surface area contributed by atoms with Crippen LogP contribution in [0, 0.1) is 6.92 Å². The molecule has 5 nitrogen and oxygen atoms in total. The number of aryl methyl sites for hydroxylation is 1. The van der Waals surface area contributed by atoms with Crippen LogP contribution in [-0.4, -0.2) is 19.7 Å². The predicted octanol–water partition coefficient (Wildman–Crippen LogP) is 1.32. The fourth-order valence-corrected chi connectivity index (χ4v) is 1.61. The van der Waals surface area contributed by atoms with E-state index in [2.05, 4.69) is 31.0 Å². The van der Waals surface area contributed by atoms with Crippen molar-refractivity contribution in [3.05, 3.63) is 28.6 Å². The number of nitrogens with two attached hydrogens (primary N) is 1. The van der Waals surface area contributed by atoms with E-state index < -0.39 is 0 Å². The van der Waals surface area contributed by atoms with Gasteiger partial charge in [-0.2, -0.15) is 14.8 Å². The summed E-state index contributed by atoms with van der Waals surface area (Å²) in [5, 5.41) is 3.98. The van der Waals surface area contributed by atoms with Crippen molar-refractivity contribution in [2.75, 3.05) is 5.73 Å². The van der Waals surface area contributed by atoms with E-state index in [-0.39, 0.29) is 0 Å². The van der Waals surface area contributed by atoms with Gasteiger partial charge in [0.15, 0.2) is 5.82 Å². The molecule has 2 aromatic rings. The molecule has 2 aromatic heterocycles. The molecule has 2 rings (SSSR count). The minimum atomic E-state index is 0.336. The van der Waals surface area contributed by atoms with Gasteiger partial charge in [0.1, 0.15) is 6.33 Å². The summed E-state index contributed by atoms with van der Waals surface area (Å²) in [7, 11) is 0. The first kappa shape index (κ1) is 9.14. The number of nitrogen functional groups attached to an aromatic ring is 1. The summed E-state index contributed by atoms with van der Waals surface area (Å²) < 4.78 is 2.43. The molecule has 0 radical (unpaired) electrons. The Balaban J connectivity index is 2.58. The molecule has 0 atom stereocenters. The van der Waals surface area contributed by atoms with Crippen molar-refractivity contribution in [2.24, 2.45) is 0 Å². The molecule has 0 spiro atoms. The maximum atomic E-state index is 5.62. The first-order valence-corrected chi connectivity index (χ1v) is 4.76. The van der Waals surface area contributed by atoms with Gasteiger partial charge in [0, 0.05) is 10.7 Å². The van der Waals surface area contributed by atoms with Crippen LogP contribution in [0.5, 0.6) is 0 Å². The van der Waals surface area contributed by atoms with E-state index in [1.165, 1.54) is 11.0 Å². The lowest BCUT2D eigenvalue weighted by Crippen LogP contribution is -2.06. The number of hydrogen-bond donors (Lipinski definition) is 1. The average molecular weight is 254 g/mol. The van der Waals surface area contributed by atoms with Gasteiger partial charge >= 0.3 is 0 Å². The highest BCUT2D eigenvalue weighted by Crippen LogP contribution is 2.16. The van der Waals surface area contributed by atoms with Gasteiger partial charge in [0.05, 0.1) is 0 Å². The first-order valence-electron chi connectivity index (χ1n) is 3.96. The zero-order valence-corrected chi connectivity index (χ0v) is 9.06. The van der Waals surface area contributed by atoms with Crippen LogP contribution < -0.4 is 5.73 Å². The van der Waals surface area contributed by atoms with E-state index in [4.69, 9.17) is 5.73 Å². The van der Waals surface area contributed by atoms with E-state index >= 15 is 0 Å². The van der Waals surface area contributed by atoms with Crippen molar-refractivity contribution in [2.45, 2.75) is 6.92 Å². The average Bonchev–Trinajstić information content (AvgIpc) is 2.52. The van der Waals surface area contributed by atoms with Gasteiger partial charge in [-0.05, 0) is 34.5 Å². The summed E-state index contributed by atoms with van der Waals surface area (Å²) in [6, 6.07) is 1.95. The third-order valence-corrected chi connectivity index (χ3v) is 2.23. The van der Waals surface area contributed by atoms with Crippen LogP contribution in [0.2, 0.25) is 0 Å². The van der Waals surface area contributed by atoms with E-state index in [0.29, 0.717) is 11.8 Å². The van der Waals surface area contributed by atoms with Crippen LogP contribution in [0.3, 0.4) is 0 Å². The molecule has 0 aliphatic rings. The number of hydrogen-bond acceptors (Lipinski definition) is 4. The molecule has 0 saturated carbocycles.